The zero-order valence-corrected chi connectivity index (χ0v) is 12.2. The van der Waals surface area contributed by atoms with E-state index >= 15 is 0 Å². The van der Waals surface area contributed by atoms with Crippen molar-refractivity contribution in [3.8, 4) is 5.75 Å². The molecule has 2 aromatic rings. The van der Waals surface area contributed by atoms with Crippen molar-refractivity contribution in [2.45, 2.75) is 0 Å². The molecule has 0 saturated heterocycles. The van der Waals surface area contributed by atoms with Crippen LogP contribution in [0.25, 0.3) is 0 Å². The summed E-state index contributed by atoms with van der Waals surface area (Å²) in [5.74, 6) is -0.530. The van der Waals surface area contributed by atoms with Crippen LogP contribution in [-0.2, 0) is 0 Å². The van der Waals surface area contributed by atoms with Crippen molar-refractivity contribution in [2.75, 3.05) is 18.2 Å². The van der Waals surface area contributed by atoms with Crippen LogP contribution in [0.4, 0.5) is 15.8 Å². The highest BCUT2D eigenvalue weighted by Gasteiger charge is 2.11. The second-order valence-corrected chi connectivity index (χ2v) is 4.89. The number of halogens is 2. The Kier molecular flexibility index (Phi) is 4.24. The van der Waals surface area contributed by atoms with E-state index in [-0.39, 0.29) is 5.69 Å². The largest absolute Gasteiger partial charge is 0.497 e. The minimum atomic E-state index is -0.538. The number of anilines is 2. The zero-order chi connectivity index (χ0) is 14.7. The number of benzene rings is 2. The maximum Gasteiger partial charge on any atom is 0.255 e. The number of amides is 1. The zero-order valence-electron chi connectivity index (χ0n) is 10.6. The number of nitrogens with two attached hydrogens (primary N) is 1. The van der Waals surface area contributed by atoms with Gasteiger partial charge in [-0.05, 0) is 46.3 Å². The first kappa shape index (κ1) is 14.3. The molecule has 0 aliphatic carbocycles. The van der Waals surface area contributed by atoms with Crippen molar-refractivity contribution >= 4 is 33.2 Å². The highest BCUT2D eigenvalue weighted by molar-refractivity contribution is 9.10. The van der Waals surface area contributed by atoms with Crippen molar-refractivity contribution in [1.29, 1.82) is 0 Å². The Morgan fingerprint density at radius 3 is 2.70 bits per heavy atom. The number of nitrogens with one attached hydrogen (secondary N) is 1. The lowest BCUT2D eigenvalue weighted by Crippen LogP contribution is -2.13. The predicted octanol–water partition coefficient (Wildman–Crippen LogP) is 3.43. The Bertz CT molecular complexity index is 662. The van der Waals surface area contributed by atoms with E-state index in [0.29, 0.717) is 21.5 Å². The maximum absolute atomic E-state index is 13.6. The second-order valence-electron chi connectivity index (χ2n) is 4.04. The molecule has 104 valence electrons. The Morgan fingerprint density at radius 2 is 2.05 bits per heavy atom. The average molecular weight is 339 g/mol. The van der Waals surface area contributed by atoms with Gasteiger partial charge in [-0.15, -0.1) is 0 Å². The lowest BCUT2D eigenvalue weighted by atomic mass is 10.2. The van der Waals surface area contributed by atoms with E-state index in [1.807, 2.05) is 0 Å². The molecule has 3 N–H and O–H groups in total. The summed E-state index contributed by atoms with van der Waals surface area (Å²) in [7, 11) is 1.47. The number of rotatable bonds is 3. The summed E-state index contributed by atoms with van der Waals surface area (Å²) < 4.78 is 19.3. The summed E-state index contributed by atoms with van der Waals surface area (Å²) in [5.41, 5.74) is 6.53. The first-order valence-corrected chi connectivity index (χ1v) is 6.50. The Hall–Kier alpha value is -2.08. The third kappa shape index (κ3) is 3.08. The molecule has 6 heteroatoms. The fourth-order valence-electron chi connectivity index (χ4n) is 1.61. The standard InChI is InChI=1S/C14H12BrFN2O2/c1-20-9-3-5-11(16)13(7-9)18-14(19)8-2-4-10(15)12(17)6-8/h2-7H,17H2,1H3,(H,18,19). The number of hydrogen-bond donors (Lipinski definition) is 2. The SMILES string of the molecule is COc1ccc(F)c(NC(=O)c2ccc(Br)c(N)c2)c1. The summed E-state index contributed by atoms with van der Waals surface area (Å²) in [6.45, 7) is 0. The number of carbonyl (C=O) groups excluding carboxylic acids is 1. The van der Waals surface area contributed by atoms with Crippen molar-refractivity contribution in [2.24, 2.45) is 0 Å². The van der Waals surface area contributed by atoms with Crippen LogP contribution in [0.3, 0.4) is 0 Å². The summed E-state index contributed by atoms with van der Waals surface area (Å²) in [4.78, 5) is 12.0. The molecular weight excluding hydrogens is 327 g/mol. The molecule has 0 radical (unpaired) electrons. The van der Waals surface area contributed by atoms with Gasteiger partial charge < -0.3 is 15.8 Å². The lowest BCUT2D eigenvalue weighted by molar-refractivity contribution is 0.102. The number of nitrogen functional groups attached to an aromatic ring is 1. The molecule has 0 aliphatic heterocycles. The third-order valence-corrected chi connectivity index (χ3v) is 3.40. The van der Waals surface area contributed by atoms with E-state index in [9.17, 15) is 9.18 Å². The maximum atomic E-state index is 13.6. The van der Waals surface area contributed by atoms with Gasteiger partial charge in [0.25, 0.3) is 5.91 Å². The highest BCUT2D eigenvalue weighted by Crippen LogP contribution is 2.23. The van der Waals surface area contributed by atoms with Crippen LogP contribution in [0.5, 0.6) is 5.75 Å². The van der Waals surface area contributed by atoms with Gasteiger partial charge in [0, 0.05) is 21.8 Å². The predicted molar refractivity (Wildman–Crippen MR) is 79.5 cm³/mol. The van der Waals surface area contributed by atoms with Crippen LogP contribution in [0.15, 0.2) is 40.9 Å². The van der Waals surface area contributed by atoms with Crippen LogP contribution in [0.1, 0.15) is 10.4 Å². The minimum absolute atomic E-state index is 0.0517. The van der Waals surface area contributed by atoms with Crippen molar-refractivity contribution < 1.29 is 13.9 Å². The van der Waals surface area contributed by atoms with E-state index in [0.717, 1.165) is 0 Å². The number of hydrogen-bond acceptors (Lipinski definition) is 3. The molecule has 2 rings (SSSR count). The monoisotopic (exact) mass is 338 g/mol. The van der Waals surface area contributed by atoms with Gasteiger partial charge in [-0.25, -0.2) is 4.39 Å². The minimum Gasteiger partial charge on any atom is -0.497 e. The Morgan fingerprint density at radius 1 is 1.30 bits per heavy atom. The molecule has 0 atom stereocenters. The van der Waals surface area contributed by atoms with Gasteiger partial charge in [0.2, 0.25) is 0 Å². The molecule has 0 unspecified atom stereocenters. The van der Waals surface area contributed by atoms with Crippen molar-refractivity contribution in [3.05, 3.63) is 52.3 Å². The average Bonchev–Trinajstić information content (AvgIpc) is 2.44. The van der Waals surface area contributed by atoms with E-state index < -0.39 is 11.7 Å². The smallest absolute Gasteiger partial charge is 0.255 e. The fourth-order valence-corrected chi connectivity index (χ4v) is 1.85. The lowest BCUT2D eigenvalue weighted by Gasteiger charge is -2.09. The van der Waals surface area contributed by atoms with Crippen LogP contribution >= 0.6 is 15.9 Å². The van der Waals surface area contributed by atoms with Crippen molar-refractivity contribution in [1.82, 2.24) is 0 Å². The molecule has 0 heterocycles. The third-order valence-electron chi connectivity index (χ3n) is 2.68. The summed E-state index contributed by atoms with van der Waals surface area (Å²) in [5, 5.41) is 2.48. The molecular formula is C14H12BrFN2O2. The molecule has 1 amide bonds. The molecule has 0 fully saturated rings. The number of ether oxygens (including phenoxy) is 1. The van der Waals surface area contributed by atoms with Gasteiger partial charge >= 0.3 is 0 Å². The van der Waals surface area contributed by atoms with E-state index in [1.54, 1.807) is 12.1 Å². The molecule has 2 aromatic carbocycles. The molecule has 20 heavy (non-hydrogen) atoms. The fraction of sp³-hybridized carbons (Fsp3) is 0.0714. The van der Waals surface area contributed by atoms with E-state index in [4.69, 9.17) is 10.5 Å². The summed E-state index contributed by atoms with van der Waals surface area (Å²) in [6.07, 6.45) is 0. The van der Waals surface area contributed by atoms with Crippen LogP contribution in [-0.4, -0.2) is 13.0 Å². The normalized spacial score (nSPS) is 10.2. The topological polar surface area (TPSA) is 64.3 Å². The first-order valence-electron chi connectivity index (χ1n) is 5.71. The van der Waals surface area contributed by atoms with Gasteiger partial charge in [-0.2, -0.15) is 0 Å². The van der Waals surface area contributed by atoms with Crippen LogP contribution in [0, 0.1) is 5.82 Å². The second kappa shape index (κ2) is 5.92. The quantitative estimate of drug-likeness (QED) is 0.842. The Balaban J connectivity index is 2.25. The van der Waals surface area contributed by atoms with E-state index in [1.165, 1.54) is 31.4 Å². The number of carbonyl (C=O) groups is 1. The number of methoxy groups -OCH3 is 1. The van der Waals surface area contributed by atoms with Gasteiger partial charge in [-0.3, -0.25) is 4.79 Å². The molecule has 0 saturated carbocycles. The summed E-state index contributed by atoms with van der Waals surface area (Å²) >= 11 is 3.24. The Labute approximate surface area is 123 Å². The molecule has 0 aromatic heterocycles. The first-order chi connectivity index (χ1) is 9.51. The summed E-state index contributed by atoms with van der Waals surface area (Å²) in [6, 6.07) is 8.87. The van der Waals surface area contributed by atoms with Gasteiger partial charge in [0.15, 0.2) is 0 Å². The van der Waals surface area contributed by atoms with Crippen LogP contribution in [0.2, 0.25) is 0 Å². The van der Waals surface area contributed by atoms with Gasteiger partial charge in [0.05, 0.1) is 12.8 Å². The van der Waals surface area contributed by atoms with Gasteiger partial charge in [0.1, 0.15) is 11.6 Å². The van der Waals surface area contributed by atoms with Crippen molar-refractivity contribution in [3.63, 3.8) is 0 Å². The molecule has 0 bridgehead atoms. The van der Waals surface area contributed by atoms with E-state index in [2.05, 4.69) is 21.2 Å². The van der Waals surface area contributed by atoms with Gasteiger partial charge in [-0.1, -0.05) is 0 Å². The highest BCUT2D eigenvalue weighted by atomic mass is 79.9. The molecule has 0 aliphatic rings. The van der Waals surface area contributed by atoms with Crippen LogP contribution < -0.4 is 15.8 Å². The molecule has 0 spiro atoms. The molecule has 4 nitrogen and oxygen atoms in total.